The fourth-order valence-corrected chi connectivity index (χ4v) is 5.42. The van der Waals surface area contributed by atoms with Crippen LogP contribution in [0.3, 0.4) is 0 Å². The van der Waals surface area contributed by atoms with Gasteiger partial charge in [0.25, 0.3) is 5.91 Å². The SMILES string of the molecule is O=C(NC1CCCCC1)C(c1ccc(O)cc1)N(CCN1CCOCC1)C(=O)C1COc2ccccc2O1. The van der Waals surface area contributed by atoms with Gasteiger partial charge in [-0.1, -0.05) is 43.5 Å². The molecule has 0 radical (unpaired) electrons. The van der Waals surface area contributed by atoms with Gasteiger partial charge in [-0.3, -0.25) is 14.5 Å². The lowest BCUT2D eigenvalue weighted by Crippen LogP contribution is -2.54. The zero-order chi connectivity index (χ0) is 26.3. The van der Waals surface area contributed by atoms with Crippen LogP contribution in [0.25, 0.3) is 0 Å². The van der Waals surface area contributed by atoms with Crippen LogP contribution in [0.5, 0.6) is 17.2 Å². The molecular weight excluding hydrogens is 486 g/mol. The van der Waals surface area contributed by atoms with Crippen molar-refractivity contribution < 1.29 is 28.9 Å². The van der Waals surface area contributed by atoms with Gasteiger partial charge in [0.05, 0.1) is 13.2 Å². The number of morpholine rings is 1. The van der Waals surface area contributed by atoms with Crippen molar-refractivity contribution in [1.82, 2.24) is 15.1 Å². The molecule has 3 aliphatic rings. The lowest BCUT2D eigenvalue weighted by Gasteiger charge is -2.37. The molecule has 204 valence electrons. The van der Waals surface area contributed by atoms with Crippen molar-refractivity contribution >= 4 is 11.8 Å². The second-order valence-electron chi connectivity index (χ2n) is 10.2. The summed E-state index contributed by atoms with van der Waals surface area (Å²) in [6, 6.07) is 13.0. The van der Waals surface area contributed by atoms with Crippen LogP contribution in [0.4, 0.5) is 0 Å². The molecule has 2 aromatic carbocycles. The number of carbonyl (C=O) groups is 2. The van der Waals surface area contributed by atoms with Crippen LogP contribution < -0.4 is 14.8 Å². The Kier molecular flexibility index (Phi) is 8.65. The highest BCUT2D eigenvalue weighted by Gasteiger charge is 2.39. The third-order valence-electron chi connectivity index (χ3n) is 7.55. The summed E-state index contributed by atoms with van der Waals surface area (Å²) >= 11 is 0. The summed E-state index contributed by atoms with van der Waals surface area (Å²) in [5.74, 6) is 0.700. The van der Waals surface area contributed by atoms with E-state index in [9.17, 15) is 14.7 Å². The quantitative estimate of drug-likeness (QED) is 0.549. The van der Waals surface area contributed by atoms with Gasteiger partial charge >= 0.3 is 0 Å². The van der Waals surface area contributed by atoms with Gasteiger partial charge in [-0.05, 0) is 42.7 Å². The smallest absolute Gasteiger partial charge is 0.268 e. The number of phenols is 1. The molecule has 0 bridgehead atoms. The van der Waals surface area contributed by atoms with Crippen molar-refractivity contribution in [3.63, 3.8) is 0 Å². The zero-order valence-corrected chi connectivity index (χ0v) is 21.7. The van der Waals surface area contributed by atoms with E-state index < -0.39 is 12.1 Å². The fourth-order valence-electron chi connectivity index (χ4n) is 5.42. The van der Waals surface area contributed by atoms with Crippen LogP contribution in [-0.4, -0.2) is 84.9 Å². The van der Waals surface area contributed by atoms with Gasteiger partial charge in [0.2, 0.25) is 12.0 Å². The first kappa shape index (κ1) is 26.3. The summed E-state index contributed by atoms with van der Waals surface area (Å²) in [7, 11) is 0. The van der Waals surface area contributed by atoms with Gasteiger partial charge in [-0.25, -0.2) is 0 Å². The van der Waals surface area contributed by atoms with Gasteiger partial charge in [0.1, 0.15) is 18.4 Å². The van der Waals surface area contributed by atoms with Gasteiger partial charge in [-0.2, -0.15) is 0 Å². The number of benzene rings is 2. The fraction of sp³-hybridized carbons (Fsp3) is 0.517. The second kappa shape index (κ2) is 12.5. The number of hydrogen-bond acceptors (Lipinski definition) is 7. The molecule has 2 unspecified atom stereocenters. The third kappa shape index (κ3) is 6.39. The van der Waals surface area contributed by atoms with E-state index in [1.807, 2.05) is 18.2 Å². The number of phenolic OH excluding ortho intramolecular Hbond substituents is 1. The molecule has 5 rings (SSSR count). The van der Waals surface area contributed by atoms with E-state index in [1.165, 1.54) is 6.42 Å². The normalized spacial score (nSPS) is 20.9. The molecular formula is C29H37N3O6. The second-order valence-corrected chi connectivity index (χ2v) is 10.2. The van der Waals surface area contributed by atoms with Crippen molar-refractivity contribution in [3.05, 3.63) is 54.1 Å². The number of rotatable bonds is 8. The summed E-state index contributed by atoms with van der Waals surface area (Å²) in [5, 5.41) is 13.1. The Bertz CT molecular complexity index is 1080. The minimum atomic E-state index is -0.878. The molecule has 9 heteroatoms. The molecule has 1 aliphatic carbocycles. The molecule has 2 heterocycles. The number of ether oxygens (including phenoxy) is 3. The van der Waals surface area contributed by atoms with Gasteiger partial charge in [0.15, 0.2) is 11.5 Å². The standard InChI is InChI=1S/C29H37N3O6/c33-23-12-10-21(11-13-23)27(28(34)30-22-6-2-1-3-7-22)32(15-14-31-16-18-36-19-17-31)29(35)26-20-37-24-8-4-5-9-25(24)38-26/h4-5,8-13,22,26-27,33H,1-3,6-7,14-20H2,(H,30,34). The van der Waals surface area contributed by atoms with Crippen molar-refractivity contribution in [2.24, 2.45) is 0 Å². The van der Waals surface area contributed by atoms with Crippen LogP contribution in [0.1, 0.15) is 43.7 Å². The zero-order valence-electron chi connectivity index (χ0n) is 21.7. The molecule has 38 heavy (non-hydrogen) atoms. The molecule has 0 aromatic heterocycles. The van der Waals surface area contributed by atoms with Crippen molar-refractivity contribution in [3.8, 4) is 17.2 Å². The average molecular weight is 524 g/mol. The maximum atomic E-state index is 14.1. The Morgan fingerprint density at radius 2 is 1.71 bits per heavy atom. The number of amides is 2. The van der Waals surface area contributed by atoms with Crippen molar-refractivity contribution in [1.29, 1.82) is 0 Å². The van der Waals surface area contributed by atoms with Gasteiger partial charge < -0.3 is 29.5 Å². The molecule has 2 amide bonds. The van der Waals surface area contributed by atoms with E-state index in [0.29, 0.717) is 43.4 Å². The minimum absolute atomic E-state index is 0.0659. The largest absolute Gasteiger partial charge is 0.508 e. The molecule has 2 aliphatic heterocycles. The Morgan fingerprint density at radius 3 is 2.45 bits per heavy atom. The van der Waals surface area contributed by atoms with Crippen LogP contribution >= 0.6 is 0 Å². The summed E-state index contributed by atoms with van der Waals surface area (Å²) in [5.41, 5.74) is 0.642. The number of nitrogens with zero attached hydrogens (tertiary/aromatic N) is 2. The number of hydrogen-bond donors (Lipinski definition) is 2. The first-order valence-corrected chi connectivity index (χ1v) is 13.7. The molecule has 2 fully saturated rings. The van der Waals surface area contributed by atoms with Crippen molar-refractivity contribution in [2.45, 2.75) is 50.3 Å². The number of aromatic hydroxyl groups is 1. The third-order valence-corrected chi connectivity index (χ3v) is 7.55. The number of fused-ring (bicyclic) bond motifs is 1. The molecule has 2 atom stereocenters. The molecule has 2 N–H and O–H groups in total. The highest BCUT2D eigenvalue weighted by molar-refractivity contribution is 5.91. The summed E-state index contributed by atoms with van der Waals surface area (Å²) in [4.78, 5) is 31.9. The average Bonchev–Trinajstić information content (AvgIpc) is 2.96. The maximum Gasteiger partial charge on any atom is 0.268 e. The lowest BCUT2D eigenvalue weighted by atomic mass is 9.94. The predicted octanol–water partition coefficient (Wildman–Crippen LogP) is 2.88. The Balaban J connectivity index is 1.43. The summed E-state index contributed by atoms with van der Waals surface area (Å²) < 4.78 is 17.4. The number of para-hydroxylation sites is 2. The van der Waals surface area contributed by atoms with E-state index in [0.717, 1.165) is 38.8 Å². The van der Waals surface area contributed by atoms with Crippen LogP contribution in [0.2, 0.25) is 0 Å². The van der Waals surface area contributed by atoms with E-state index in [4.69, 9.17) is 14.2 Å². The van der Waals surface area contributed by atoms with Crippen LogP contribution in [0.15, 0.2) is 48.5 Å². The molecule has 1 saturated carbocycles. The first-order chi connectivity index (χ1) is 18.6. The lowest BCUT2D eigenvalue weighted by molar-refractivity contribution is -0.149. The first-order valence-electron chi connectivity index (χ1n) is 13.7. The van der Waals surface area contributed by atoms with E-state index in [1.54, 1.807) is 35.2 Å². The monoisotopic (exact) mass is 523 g/mol. The summed E-state index contributed by atoms with van der Waals surface area (Å²) in [6.07, 6.45) is 4.34. The molecule has 9 nitrogen and oxygen atoms in total. The minimum Gasteiger partial charge on any atom is -0.508 e. The Hall–Kier alpha value is -3.30. The van der Waals surface area contributed by atoms with Gasteiger partial charge in [-0.15, -0.1) is 0 Å². The highest BCUT2D eigenvalue weighted by atomic mass is 16.6. The van der Waals surface area contributed by atoms with E-state index in [-0.39, 0.29) is 30.2 Å². The predicted molar refractivity (Wildman–Crippen MR) is 141 cm³/mol. The van der Waals surface area contributed by atoms with Crippen LogP contribution in [0, 0.1) is 0 Å². The van der Waals surface area contributed by atoms with Gasteiger partial charge in [0, 0.05) is 32.2 Å². The molecule has 0 spiro atoms. The molecule has 1 saturated heterocycles. The number of carbonyl (C=O) groups excluding carboxylic acids is 2. The summed E-state index contributed by atoms with van der Waals surface area (Å²) in [6.45, 7) is 3.85. The maximum absolute atomic E-state index is 14.1. The van der Waals surface area contributed by atoms with E-state index in [2.05, 4.69) is 10.2 Å². The Labute approximate surface area is 223 Å². The van der Waals surface area contributed by atoms with Crippen molar-refractivity contribution in [2.75, 3.05) is 46.0 Å². The Morgan fingerprint density at radius 1 is 1.00 bits per heavy atom. The molecule has 2 aromatic rings. The number of nitrogens with one attached hydrogen (secondary N) is 1. The topological polar surface area (TPSA) is 101 Å². The van der Waals surface area contributed by atoms with E-state index >= 15 is 0 Å². The van der Waals surface area contributed by atoms with Crippen LogP contribution in [-0.2, 0) is 14.3 Å². The highest BCUT2D eigenvalue weighted by Crippen LogP contribution is 2.33.